The van der Waals surface area contributed by atoms with Gasteiger partial charge in [0.05, 0.1) is 5.02 Å². The van der Waals surface area contributed by atoms with Gasteiger partial charge in [0.25, 0.3) is 5.82 Å². The van der Waals surface area contributed by atoms with Gasteiger partial charge in [-0.25, -0.2) is 14.3 Å². The number of fused-ring (bicyclic) bond motifs is 1. The molecule has 0 N–H and O–H groups in total. The third kappa shape index (κ3) is 2.29. The second kappa shape index (κ2) is 5.08. The Kier molecular flexibility index (Phi) is 3.43. The third-order valence-corrected chi connectivity index (χ3v) is 3.91. The molecule has 0 aromatic heterocycles. The smallest absolute Gasteiger partial charge is 0.218 e. The summed E-state index contributed by atoms with van der Waals surface area (Å²) in [5.74, 6) is -0.772. The Bertz CT molecular complexity index is 806. The van der Waals surface area contributed by atoms with Gasteiger partial charge in [-0.15, -0.1) is 13.2 Å². The van der Waals surface area contributed by atoms with Crippen LogP contribution < -0.4 is 4.48 Å². The highest BCUT2D eigenvalue weighted by molar-refractivity contribution is 6.31. The van der Waals surface area contributed by atoms with E-state index in [2.05, 4.69) is 4.99 Å². The molecule has 0 spiro atoms. The molecule has 0 saturated carbocycles. The lowest BCUT2D eigenvalue weighted by Gasteiger charge is -2.31. The molecule has 1 atom stereocenters. The van der Waals surface area contributed by atoms with E-state index in [4.69, 9.17) is 16.9 Å². The summed E-state index contributed by atoms with van der Waals surface area (Å²) in [6.45, 7) is -0.614. The lowest BCUT2D eigenvalue weighted by Crippen LogP contribution is -2.47. The molecule has 2 heterocycles. The van der Waals surface area contributed by atoms with Gasteiger partial charge in [0.1, 0.15) is 23.8 Å². The average molecular weight is 344 g/mol. The molecule has 2 aliphatic rings. The number of quaternary nitrogens is 1. The Morgan fingerprint density at radius 1 is 1.35 bits per heavy atom. The molecule has 0 aliphatic carbocycles. The van der Waals surface area contributed by atoms with Crippen LogP contribution >= 0.6 is 11.6 Å². The second-order valence-electron chi connectivity index (χ2n) is 4.91. The van der Waals surface area contributed by atoms with E-state index in [1.807, 2.05) is 0 Å². The van der Waals surface area contributed by atoms with Gasteiger partial charge >= 0.3 is 6.30 Å². The molecule has 1 aromatic rings. The number of aliphatic imine (C=N–C) groups is 1. The van der Waals surface area contributed by atoms with E-state index < -0.39 is 29.0 Å². The molecule has 0 amide bonds. The lowest BCUT2D eigenvalue weighted by atomic mass is 10.2. The largest absolute Gasteiger partial charge is 0.490 e. The first-order valence-corrected chi connectivity index (χ1v) is 6.72. The summed E-state index contributed by atoms with van der Waals surface area (Å²) in [4.78, 5) is 3.97. The zero-order valence-corrected chi connectivity index (χ0v) is 12.1. The predicted molar refractivity (Wildman–Crippen MR) is 76.2 cm³/mol. The van der Waals surface area contributed by atoms with Crippen LogP contribution in [0.15, 0.2) is 47.0 Å². The van der Waals surface area contributed by atoms with Crippen LogP contribution in [0.2, 0.25) is 5.02 Å². The fourth-order valence-electron chi connectivity index (χ4n) is 2.59. The highest BCUT2D eigenvalue weighted by Gasteiger charge is 2.55. The first-order valence-electron chi connectivity index (χ1n) is 6.34. The molecule has 2 aliphatic heterocycles. The van der Waals surface area contributed by atoms with E-state index in [1.165, 1.54) is 30.6 Å². The van der Waals surface area contributed by atoms with E-state index in [0.29, 0.717) is 0 Å². The maximum absolute atomic E-state index is 13.4. The summed E-state index contributed by atoms with van der Waals surface area (Å²) in [5.41, 5.74) is -0.322. The number of hydrogen-bond donors (Lipinski definition) is 0. The van der Waals surface area contributed by atoms with E-state index >= 15 is 0 Å². The number of nitriles is 1. The van der Waals surface area contributed by atoms with Crippen LogP contribution in [-0.4, -0.2) is 24.1 Å². The van der Waals surface area contributed by atoms with E-state index in [0.717, 1.165) is 6.07 Å². The van der Waals surface area contributed by atoms with Crippen molar-refractivity contribution in [1.29, 1.82) is 5.26 Å². The number of allylic oxidation sites excluding steroid dienone is 2. The van der Waals surface area contributed by atoms with Gasteiger partial charge in [-0.2, -0.15) is 9.74 Å². The van der Waals surface area contributed by atoms with Crippen molar-refractivity contribution in [2.45, 2.75) is 6.30 Å². The summed E-state index contributed by atoms with van der Waals surface area (Å²) < 4.78 is 52.6. The summed E-state index contributed by atoms with van der Waals surface area (Å²) >= 11 is 5.75. The maximum atomic E-state index is 13.4. The first-order chi connectivity index (χ1) is 10.8. The number of alkyl halides is 3. The molecular formula is C14H8ClF4N4+. The van der Waals surface area contributed by atoms with Crippen LogP contribution in [0.4, 0.5) is 23.2 Å². The second-order valence-corrected chi connectivity index (χ2v) is 5.32. The Morgan fingerprint density at radius 3 is 2.70 bits per heavy atom. The standard InChI is InChI=1S/C14H8ClF4N4/c15-10-6-9(2-3-11(10)16)23-5-1-4-21-13(23)12(7-20)22(8-23)14(17,18)19/h1-6H,8H2/q+1. The monoisotopic (exact) mass is 343 g/mol. The van der Waals surface area contributed by atoms with Gasteiger partial charge in [0, 0.05) is 24.4 Å². The minimum atomic E-state index is -4.74. The van der Waals surface area contributed by atoms with Gasteiger partial charge in [0.15, 0.2) is 6.67 Å². The molecule has 4 nitrogen and oxygen atoms in total. The molecule has 0 saturated heterocycles. The third-order valence-electron chi connectivity index (χ3n) is 3.62. The number of halogens is 5. The van der Waals surface area contributed by atoms with E-state index in [-0.39, 0.29) is 21.4 Å². The van der Waals surface area contributed by atoms with Crippen molar-refractivity contribution in [2.75, 3.05) is 6.67 Å². The van der Waals surface area contributed by atoms with Crippen LogP contribution in [0.25, 0.3) is 0 Å². The van der Waals surface area contributed by atoms with Crippen molar-refractivity contribution < 1.29 is 17.6 Å². The molecule has 1 unspecified atom stereocenters. The molecule has 9 heteroatoms. The number of benzene rings is 1. The van der Waals surface area contributed by atoms with Gasteiger partial charge < -0.3 is 0 Å². The maximum Gasteiger partial charge on any atom is 0.490 e. The topological polar surface area (TPSA) is 39.4 Å². The SMILES string of the molecule is N#CC1=C2N=CC=C[N+]2(c2ccc(F)c(Cl)c2)CN1C(F)(F)F. The Morgan fingerprint density at radius 2 is 2.09 bits per heavy atom. The van der Waals surface area contributed by atoms with E-state index in [9.17, 15) is 17.6 Å². The van der Waals surface area contributed by atoms with Crippen molar-refractivity contribution >= 4 is 23.5 Å². The van der Waals surface area contributed by atoms with Crippen molar-refractivity contribution in [3.8, 4) is 6.07 Å². The molecule has 1 aromatic carbocycles. The highest BCUT2D eigenvalue weighted by atomic mass is 35.5. The van der Waals surface area contributed by atoms with Gasteiger partial charge in [-0.05, 0) is 6.07 Å². The molecule has 0 fully saturated rings. The Labute approximate surface area is 133 Å². The molecule has 23 heavy (non-hydrogen) atoms. The molecule has 118 valence electrons. The van der Waals surface area contributed by atoms with Crippen LogP contribution in [0.1, 0.15) is 0 Å². The highest BCUT2D eigenvalue weighted by Crippen LogP contribution is 2.44. The van der Waals surface area contributed by atoms with Crippen LogP contribution in [0.5, 0.6) is 0 Å². The molecule has 3 rings (SSSR count). The zero-order chi connectivity index (χ0) is 16.8. The first kappa shape index (κ1) is 15.5. The fourth-order valence-corrected chi connectivity index (χ4v) is 2.77. The van der Waals surface area contributed by atoms with Crippen molar-refractivity contribution in [2.24, 2.45) is 4.99 Å². The number of hydrogen-bond acceptors (Lipinski definition) is 3. The van der Waals surface area contributed by atoms with Crippen molar-refractivity contribution in [3.63, 3.8) is 0 Å². The van der Waals surface area contributed by atoms with Crippen molar-refractivity contribution in [3.05, 3.63) is 52.8 Å². The van der Waals surface area contributed by atoms with Gasteiger partial charge in [-0.1, -0.05) is 11.6 Å². The minimum Gasteiger partial charge on any atom is -0.218 e. The molecular weight excluding hydrogens is 336 g/mol. The predicted octanol–water partition coefficient (Wildman–Crippen LogP) is 3.87. The Hall–Kier alpha value is -2.37. The van der Waals surface area contributed by atoms with Gasteiger partial charge in [-0.3, -0.25) is 0 Å². The summed E-state index contributed by atoms with van der Waals surface area (Å²) in [5, 5.41) is 8.93. The zero-order valence-electron chi connectivity index (χ0n) is 11.3. The molecule has 0 bridgehead atoms. The van der Waals surface area contributed by atoms with Crippen LogP contribution in [-0.2, 0) is 0 Å². The van der Waals surface area contributed by atoms with Crippen LogP contribution in [0, 0.1) is 17.1 Å². The summed E-state index contributed by atoms with van der Waals surface area (Å²) in [6, 6.07) is 5.18. The summed E-state index contributed by atoms with van der Waals surface area (Å²) in [6.07, 6.45) is -0.521. The lowest BCUT2D eigenvalue weighted by molar-refractivity contribution is -0.231. The number of rotatable bonds is 1. The minimum absolute atomic E-state index is 0.0204. The number of nitrogens with zero attached hydrogens (tertiary/aromatic N) is 4. The molecule has 0 radical (unpaired) electrons. The Balaban J connectivity index is 2.23. The van der Waals surface area contributed by atoms with Gasteiger partial charge in [0.2, 0.25) is 5.70 Å². The fraction of sp³-hybridized carbons (Fsp3) is 0.143. The quantitative estimate of drug-likeness (QED) is 0.441. The van der Waals surface area contributed by atoms with Crippen LogP contribution in [0.3, 0.4) is 0 Å². The summed E-state index contributed by atoms with van der Waals surface area (Å²) in [7, 11) is 0. The van der Waals surface area contributed by atoms with E-state index in [1.54, 1.807) is 6.07 Å². The normalized spacial score (nSPS) is 23.2. The van der Waals surface area contributed by atoms with Crippen molar-refractivity contribution in [1.82, 2.24) is 9.38 Å². The average Bonchev–Trinajstić information content (AvgIpc) is 2.85.